The van der Waals surface area contributed by atoms with Crippen LogP contribution in [0.4, 0.5) is 8.78 Å². The number of allylic oxidation sites excluding steroid dienone is 1. The first-order chi connectivity index (χ1) is 11.2. The fourth-order valence-electron chi connectivity index (χ4n) is 2.43. The first kappa shape index (κ1) is 20.1. The number of carbonyl (C=O) groups is 1. The van der Waals surface area contributed by atoms with Gasteiger partial charge in [0.05, 0.1) is 11.7 Å². The second-order valence-corrected chi connectivity index (χ2v) is 6.44. The van der Waals surface area contributed by atoms with Gasteiger partial charge in [0.15, 0.2) is 0 Å². The zero-order chi connectivity index (χ0) is 18.4. The lowest BCUT2D eigenvalue weighted by atomic mass is 10.0. The SMILES string of the molecule is C=CCc1cc(C(F)F)c(=O)n(C(CC(C)C)C(=O)OC(C)C)c1. The molecular formula is C18H25F2NO3. The van der Waals surface area contributed by atoms with Crippen LogP contribution in [-0.2, 0) is 16.0 Å². The molecule has 1 unspecified atom stereocenters. The summed E-state index contributed by atoms with van der Waals surface area (Å²) < 4.78 is 32.7. The number of ether oxygens (including phenoxy) is 1. The lowest BCUT2D eigenvalue weighted by molar-refractivity contribution is -0.152. The summed E-state index contributed by atoms with van der Waals surface area (Å²) in [6.45, 7) is 10.8. The van der Waals surface area contributed by atoms with Gasteiger partial charge < -0.3 is 9.30 Å². The zero-order valence-electron chi connectivity index (χ0n) is 14.6. The van der Waals surface area contributed by atoms with Crippen molar-refractivity contribution in [2.75, 3.05) is 0 Å². The molecule has 0 aromatic carbocycles. The average Bonchev–Trinajstić information content (AvgIpc) is 2.45. The number of alkyl halides is 2. The van der Waals surface area contributed by atoms with E-state index in [1.807, 2.05) is 13.8 Å². The van der Waals surface area contributed by atoms with Gasteiger partial charge in [0.1, 0.15) is 6.04 Å². The van der Waals surface area contributed by atoms with E-state index in [4.69, 9.17) is 4.74 Å². The van der Waals surface area contributed by atoms with E-state index in [0.29, 0.717) is 18.4 Å². The maximum absolute atomic E-state index is 13.2. The van der Waals surface area contributed by atoms with Gasteiger partial charge in [-0.05, 0) is 44.2 Å². The van der Waals surface area contributed by atoms with Crippen LogP contribution in [0.3, 0.4) is 0 Å². The van der Waals surface area contributed by atoms with E-state index in [-0.39, 0.29) is 12.0 Å². The molecule has 0 saturated heterocycles. The number of rotatable bonds is 8. The molecule has 0 N–H and O–H groups in total. The van der Waals surface area contributed by atoms with Crippen LogP contribution in [0.15, 0.2) is 29.7 Å². The molecule has 1 rings (SSSR count). The Balaban J connectivity index is 3.46. The molecule has 0 fully saturated rings. The Bertz CT molecular complexity index is 636. The van der Waals surface area contributed by atoms with Crippen LogP contribution in [0.5, 0.6) is 0 Å². The number of carbonyl (C=O) groups excluding carboxylic acids is 1. The molecule has 0 aliphatic rings. The predicted octanol–water partition coefficient (Wildman–Crippen LogP) is 4.05. The van der Waals surface area contributed by atoms with Crippen LogP contribution in [0.1, 0.15) is 57.7 Å². The minimum absolute atomic E-state index is 0.0830. The van der Waals surface area contributed by atoms with E-state index in [1.165, 1.54) is 12.3 Å². The van der Waals surface area contributed by atoms with Gasteiger partial charge in [0.2, 0.25) is 0 Å². The Kier molecular flexibility index (Phi) is 7.32. The lowest BCUT2D eigenvalue weighted by Gasteiger charge is -2.23. The van der Waals surface area contributed by atoms with Gasteiger partial charge in [-0.3, -0.25) is 4.79 Å². The number of pyridine rings is 1. The molecule has 0 saturated carbocycles. The largest absolute Gasteiger partial charge is 0.461 e. The van der Waals surface area contributed by atoms with Gasteiger partial charge in [-0.2, -0.15) is 0 Å². The Hall–Kier alpha value is -1.98. The molecule has 0 spiro atoms. The summed E-state index contributed by atoms with van der Waals surface area (Å²) >= 11 is 0. The number of hydrogen-bond acceptors (Lipinski definition) is 3. The quantitative estimate of drug-likeness (QED) is 0.529. The van der Waals surface area contributed by atoms with Gasteiger partial charge in [0, 0.05) is 6.20 Å². The second kappa shape index (κ2) is 8.76. The Morgan fingerprint density at radius 3 is 2.42 bits per heavy atom. The van der Waals surface area contributed by atoms with Crippen molar-refractivity contribution in [3.8, 4) is 0 Å². The minimum atomic E-state index is -2.91. The summed E-state index contributed by atoms with van der Waals surface area (Å²) in [5, 5.41) is 0. The summed E-state index contributed by atoms with van der Waals surface area (Å²) in [4.78, 5) is 24.8. The summed E-state index contributed by atoms with van der Waals surface area (Å²) in [6.07, 6.45) is 0.399. The summed E-state index contributed by atoms with van der Waals surface area (Å²) in [7, 11) is 0. The highest BCUT2D eigenvalue weighted by atomic mass is 19.3. The molecule has 1 atom stereocenters. The monoisotopic (exact) mass is 341 g/mol. The Morgan fingerprint density at radius 2 is 1.96 bits per heavy atom. The number of aromatic nitrogens is 1. The summed E-state index contributed by atoms with van der Waals surface area (Å²) in [6, 6.07) is 0.243. The van der Waals surface area contributed by atoms with Crippen molar-refractivity contribution >= 4 is 5.97 Å². The summed E-state index contributed by atoms with van der Waals surface area (Å²) in [5.74, 6) is -0.503. The molecule has 0 radical (unpaired) electrons. The fourth-order valence-corrected chi connectivity index (χ4v) is 2.43. The molecule has 1 aromatic rings. The van der Waals surface area contributed by atoms with Crippen molar-refractivity contribution in [3.05, 3.63) is 46.4 Å². The molecule has 0 amide bonds. The molecule has 1 heterocycles. The molecule has 0 aliphatic heterocycles. The van der Waals surface area contributed by atoms with Crippen molar-refractivity contribution in [2.45, 2.75) is 59.1 Å². The van der Waals surface area contributed by atoms with E-state index in [2.05, 4.69) is 6.58 Å². The molecule has 0 aliphatic carbocycles. The van der Waals surface area contributed by atoms with Gasteiger partial charge in [0.25, 0.3) is 12.0 Å². The van der Waals surface area contributed by atoms with Crippen LogP contribution >= 0.6 is 0 Å². The summed E-state index contributed by atoms with van der Waals surface area (Å²) in [5.41, 5.74) is -0.962. The number of esters is 1. The highest BCUT2D eigenvalue weighted by molar-refractivity contribution is 5.74. The van der Waals surface area contributed by atoms with Crippen LogP contribution in [-0.4, -0.2) is 16.6 Å². The van der Waals surface area contributed by atoms with Crippen molar-refractivity contribution in [1.29, 1.82) is 0 Å². The van der Waals surface area contributed by atoms with Crippen molar-refractivity contribution in [3.63, 3.8) is 0 Å². The smallest absolute Gasteiger partial charge is 0.329 e. The fraction of sp³-hybridized carbons (Fsp3) is 0.556. The first-order valence-corrected chi connectivity index (χ1v) is 8.01. The van der Waals surface area contributed by atoms with E-state index in [9.17, 15) is 18.4 Å². The van der Waals surface area contributed by atoms with Gasteiger partial charge in [-0.15, -0.1) is 6.58 Å². The van der Waals surface area contributed by atoms with Crippen LogP contribution in [0, 0.1) is 5.92 Å². The normalized spacial score (nSPS) is 12.7. The Morgan fingerprint density at radius 1 is 1.33 bits per heavy atom. The second-order valence-electron chi connectivity index (χ2n) is 6.44. The highest BCUT2D eigenvalue weighted by Crippen LogP contribution is 2.22. The maximum Gasteiger partial charge on any atom is 0.329 e. The molecular weight excluding hydrogens is 316 g/mol. The Labute approximate surface area is 141 Å². The predicted molar refractivity (Wildman–Crippen MR) is 89.3 cm³/mol. The number of nitrogens with zero attached hydrogens (tertiary/aromatic N) is 1. The number of hydrogen-bond donors (Lipinski definition) is 0. The lowest BCUT2D eigenvalue weighted by Crippen LogP contribution is -2.34. The van der Waals surface area contributed by atoms with Gasteiger partial charge >= 0.3 is 5.97 Å². The van der Waals surface area contributed by atoms with E-state index in [0.717, 1.165) is 4.57 Å². The molecule has 1 aromatic heterocycles. The third kappa shape index (κ3) is 5.28. The number of halogens is 2. The van der Waals surface area contributed by atoms with E-state index >= 15 is 0 Å². The maximum atomic E-state index is 13.2. The molecule has 0 bridgehead atoms. The third-order valence-corrected chi connectivity index (χ3v) is 3.40. The molecule has 134 valence electrons. The highest BCUT2D eigenvalue weighted by Gasteiger charge is 2.27. The van der Waals surface area contributed by atoms with Crippen LogP contribution in [0.25, 0.3) is 0 Å². The van der Waals surface area contributed by atoms with E-state index < -0.39 is 29.6 Å². The third-order valence-electron chi connectivity index (χ3n) is 3.40. The standard InChI is InChI=1S/C18H25F2NO3/c1-6-7-13-9-14(16(19)20)17(22)21(10-13)15(8-11(2)3)18(23)24-12(4)5/h6,9-12,15-16H,1,7-8H2,2-5H3. The first-order valence-electron chi connectivity index (χ1n) is 8.01. The van der Waals surface area contributed by atoms with Gasteiger partial charge in [-0.1, -0.05) is 19.9 Å². The van der Waals surface area contributed by atoms with E-state index in [1.54, 1.807) is 19.9 Å². The van der Waals surface area contributed by atoms with Crippen LogP contribution < -0.4 is 5.56 Å². The molecule has 4 nitrogen and oxygen atoms in total. The van der Waals surface area contributed by atoms with Gasteiger partial charge in [-0.25, -0.2) is 13.6 Å². The molecule has 24 heavy (non-hydrogen) atoms. The minimum Gasteiger partial charge on any atom is -0.461 e. The average molecular weight is 341 g/mol. The van der Waals surface area contributed by atoms with Crippen LogP contribution in [0.2, 0.25) is 0 Å². The van der Waals surface area contributed by atoms with Crippen molar-refractivity contribution in [1.82, 2.24) is 4.57 Å². The van der Waals surface area contributed by atoms with Crippen molar-refractivity contribution in [2.24, 2.45) is 5.92 Å². The van der Waals surface area contributed by atoms with Crippen molar-refractivity contribution < 1.29 is 18.3 Å². The molecule has 6 heteroatoms. The zero-order valence-corrected chi connectivity index (χ0v) is 14.6. The topological polar surface area (TPSA) is 48.3 Å².